The predicted octanol–water partition coefficient (Wildman–Crippen LogP) is -2.30. The van der Waals surface area contributed by atoms with E-state index in [9.17, 15) is 29.4 Å². The second kappa shape index (κ2) is 16.1. The number of nitrogens with two attached hydrogens (primary N) is 3. The van der Waals surface area contributed by atoms with Gasteiger partial charge in [-0.05, 0) is 44.1 Å². The average Bonchev–Trinajstić information content (AvgIpc) is 2.75. The predicted molar refractivity (Wildman–Crippen MR) is 131 cm³/mol. The van der Waals surface area contributed by atoms with Gasteiger partial charge in [0.25, 0.3) is 0 Å². The largest absolute Gasteiger partial charge is 0.480 e. The molecule has 0 aromatic rings. The Morgan fingerprint density at radius 3 is 2.00 bits per heavy atom. The van der Waals surface area contributed by atoms with Gasteiger partial charge in [-0.2, -0.15) is 11.8 Å². The summed E-state index contributed by atoms with van der Waals surface area (Å²) in [6, 6.07) is -4.54. The first kappa shape index (κ1) is 31.4. The number of carboxylic acid groups (broad SMARTS) is 1. The molecule has 0 aromatic heterocycles. The summed E-state index contributed by atoms with van der Waals surface area (Å²) in [6.45, 7) is 4.99. The number of aliphatic carboxylic acids is 1. The zero-order valence-corrected chi connectivity index (χ0v) is 20.9. The highest BCUT2D eigenvalue weighted by atomic mass is 32.2. The fraction of sp³-hybridized carbons (Fsp3) is 0.750. The Bertz CT molecular complexity index is 716. The molecule has 0 radical (unpaired) electrons. The van der Waals surface area contributed by atoms with Gasteiger partial charge in [-0.25, -0.2) is 4.79 Å². The van der Waals surface area contributed by atoms with Gasteiger partial charge in [0.2, 0.25) is 17.7 Å². The molecule has 13 nitrogen and oxygen atoms in total. The lowest BCUT2D eigenvalue weighted by Gasteiger charge is -2.27. The minimum absolute atomic E-state index is 0.0256. The van der Waals surface area contributed by atoms with Crippen LogP contribution < -0.4 is 33.2 Å². The molecule has 0 aromatic carbocycles. The summed E-state index contributed by atoms with van der Waals surface area (Å²) in [4.78, 5) is 53.2. The number of carbonyl (C=O) groups is 4. The molecule has 0 saturated carbocycles. The van der Waals surface area contributed by atoms with Crippen LogP contribution in [0.25, 0.3) is 0 Å². The molecule has 0 spiro atoms. The number of guanidine groups is 1. The Hall–Kier alpha value is -2.58. The fourth-order valence-corrected chi connectivity index (χ4v) is 3.23. The Kier molecular flexibility index (Phi) is 14.9. The monoisotopic (exact) mass is 505 g/mol. The van der Waals surface area contributed by atoms with Gasteiger partial charge in [-0.1, -0.05) is 13.8 Å². The molecule has 0 aliphatic carbocycles. The number of thioether (sulfide) groups is 1. The molecule has 0 rings (SSSR count). The summed E-state index contributed by atoms with van der Waals surface area (Å²) < 4.78 is 0. The second-order valence-electron chi connectivity index (χ2n) is 8.19. The molecule has 0 saturated heterocycles. The summed E-state index contributed by atoms with van der Waals surface area (Å²) in [7, 11) is 0. The van der Waals surface area contributed by atoms with Gasteiger partial charge >= 0.3 is 5.97 Å². The Balaban J connectivity index is 5.33. The van der Waals surface area contributed by atoms with Gasteiger partial charge in [-0.15, -0.1) is 0 Å². The summed E-state index contributed by atoms with van der Waals surface area (Å²) in [5, 5.41) is 26.8. The van der Waals surface area contributed by atoms with Crippen molar-refractivity contribution in [3.63, 3.8) is 0 Å². The van der Waals surface area contributed by atoms with Gasteiger partial charge in [0.15, 0.2) is 5.96 Å². The number of rotatable bonds is 16. The molecule has 11 N–H and O–H groups in total. The van der Waals surface area contributed by atoms with E-state index in [2.05, 4.69) is 20.9 Å². The molecular weight excluding hydrogens is 466 g/mol. The van der Waals surface area contributed by atoms with Crippen molar-refractivity contribution in [2.75, 3.05) is 18.6 Å². The van der Waals surface area contributed by atoms with Crippen molar-refractivity contribution in [1.29, 1.82) is 0 Å². The van der Waals surface area contributed by atoms with Gasteiger partial charge in [0.05, 0.1) is 12.1 Å². The quantitative estimate of drug-likeness (QED) is 0.0634. The van der Waals surface area contributed by atoms with E-state index in [1.807, 2.05) is 6.26 Å². The fourth-order valence-electron chi connectivity index (χ4n) is 2.76. The van der Waals surface area contributed by atoms with Gasteiger partial charge in [0, 0.05) is 6.54 Å². The lowest BCUT2D eigenvalue weighted by molar-refractivity contribution is -0.143. The molecule has 0 heterocycles. The highest BCUT2D eigenvalue weighted by Crippen LogP contribution is 2.06. The molecule has 5 atom stereocenters. The van der Waals surface area contributed by atoms with E-state index in [1.165, 1.54) is 18.7 Å². The summed E-state index contributed by atoms with van der Waals surface area (Å²) in [5.41, 5.74) is 16.3. The van der Waals surface area contributed by atoms with Crippen LogP contribution in [0.1, 0.15) is 40.0 Å². The minimum Gasteiger partial charge on any atom is -0.480 e. The van der Waals surface area contributed by atoms with E-state index in [1.54, 1.807) is 13.8 Å². The molecule has 14 heteroatoms. The van der Waals surface area contributed by atoms with E-state index in [-0.39, 0.29) is 37.7 Å². The average molecular weight is 506 g/mol. The third-order valence-corrected chi connectivity index (χ3v) is 5.53. The topological polar surface area (TPSA) is 235 Å². The van der Waals surface area contributed by atoms with Crippen LogP contribution in [-0.4, -0.2) is 88.7 Å². The highest BCUT2D eigenvalue weighted by molar-refractivity contribution is 7.98. The molecule has 0 aliphatic heterocycles. The number of carboxylic acids is 1. The van der Waals surface area contributed by atoms with Crippen molar-refractivity contribution in [3.05, 3.63) is 0 Å². The first-order valence-corrected chi connectivity index (χ1v) is 12.3. The van der Waals surface area contributed by atoms with Crippen molar-refractivity contribution in [2.24, 2.45) is 28.1 Å². The molecule has 196 valence electrons. The number of aliphatic imine (C=N–C) groups is 1. The third kappa shape index (κ3) is 12.0. The van der Waals surface area contributed by atoms with Crippen LogP contribution in [0.4, 0.5) is 0 Å². The van der Waals surface area contributed by atoms with Gasteiger partial charge < -0.3 is 43.4 Å². The van der Waals surface area contributed by atoms with Crippen molar-refractivity contribution < 1.29 is 29.4 Å². The van der Waals surface area contributed by atoms with Crippen LogP contribution in [-0.2, 0) is 19.2 Å². The maximum atomic E-state index is 12.9. The molecular formula is C20H39N7O6S. The summed E-state index contributed by atoms with van der Waals surface area (Å²) in [6.07, 6.45) is 1.06. The third-order valence-electron chi connectivity index (χ3n) is 4.89. The Labute approximate surface area is 204 Å². The van der Waals surface area contributed by atoms with Gasteiger partial charge in [0.1, 0.15) is 18.1 Å². The van der Waals surface area contributed by atoms with Crippen molar-refractivity contribution in [2.45, 2.75) is 70.3 Å². The lowest BCUT2D eigenvalue weighted by atomic mass is 10.0. The number of amides is 3. The molecule has 3 amide bonds. The standard InChI is InChI=1S/C20H39N7O6S/c1-10(2)14(21)17(30)25-12(7-9-34-4)16(29)27-15(11(3)28)18(31)26-13(19(32)33)6-5-8-24-20(22)23/h10-15,28H,5-9,21H2,1-4H3,(H,25,30)(H,26,31)(H,27,29)(H,32,33)(H4,22,23,24). The number of carbonyl (C=O) groups excluding carboxylic acids is 3. The minimum atomic E-state index is -1.44. The Morgan fingerprint density at radius 2 is 1.53 bits per heavy atom. The van der Waals surface area contributed by atoms with Crippen LogP contribution in [0.15, 0.2) is 4.99 Å². The molecule has 34 heavy (non-hydrogen) atoms. The van der Waals surface area contributed by atoms with Crippen LogP contribution >= 0.6 is 11.8 Å². The summed E-state index contributed by atoms with van der Waals surface area (Å²) >= 11 is 1.46. The molecule has 0 bridgehead atoms. The number of aliphatic hydroxyl groups excluding tert-OH is 1. The number of nitrogens with one attached hydrogen (secondary N) is 3. The highest BCUT2D eigenvalue weighted by Gasteiger charge is 2.32. The normalized spacial score (nSPS) is 15.4. The van der Waals surface area contributed by atoms with E-state index in [0.29, 0.717) is 5.75 Å². The Morgan fingerprint density at radius 1 is 0.941 bits per heavy atom. The number of aliphatic hydroxyl groups is 1. The van der Waals surface area contributed by atoms with Crippen LogP contribution in [0.2, 0.25) is 0 Å². The molecule has 5 unspecified atom stereocenters. The van der Waals surface area contributed by atoms with E-state index in [0.717, 1.165) is 0 Å². The van der Waals surface area contributed by atoms with E-state index < -0.39 is 54.0 Å². The zero-order valence-electron chi connectivity index (χ0n) is 20.1. The first-order chi connectivity index (χ1) is 15.8. The first-order valence-electron chi connectivity index (χ1n) is 10.9. The maximum absolute atomic E-state index is 12.9. The van der Waals surface area contributed by atoms with Crippen LogP contribution in [0.3, 0.4) is 0 Å². The maximum Gasteiger partial charge on any atom is 0.326 e. The zero-order chi connectivity index (χ0) is 26.4. The molecule has 0 fully saturated rings. The SMILES string of the molecule is CSCCC(NC(=O)C(N)C(C)C)C(=O)NC(C(=O)NC(CCCN=C(N)N)C(=O)O)C(C)O. The van der Waals surface area contributed by atoms with Crippen LogP contribution in [0.5, 0.6) is 0 Å². The smallest absolute Gasteiger partial charge is 0.326 e. The number of hydrogen-bond donors (Lipinski definition) is 8. The van der Waals surface area contributed by atoms with Gasteiger partial charge in [-0.3, -0.25) is 19.4 Å². The van der Waals surface area contributed by atoms with Crippen molar-refractivity contribution in [3.8, 4) is 0 Å². The summed E-state index contributed by atoms with van der Waals surface area (Å²) in [5.74, 6) is -3.13. The lowest BCUT2D eigenvalue weighted by Crippen LogP contribution is -2.60. The molecule has 0 aliphatic rings. The number of nitrogens with zero attached hydrogens (tertiary/aromatic N) is 1. The van der Waals surface area contributed by atoms with Crippen LogP contribution in [0, 0.1) is 5.92 Å². The van der Waals surface area contributed by atoms with Crippen molar-refractivity contribution in [1.82, 2.24) is 16.0 Å². The number of hydrogen-bond acceptors (Lipinski definition) is 8. The van der Waals surface area contributed by atoms with E-state index in [4.69, 9.17) is 17.2 Å². The van der Waals surface area contributed by atoms with E-state index >= 15 is 0 Å². The van der Waals surface area contributed by atoms with Crippen molar-refractivity contribution >= 4 is 41.4 Å². The second-order valence-corrected chi connectivity index (χ2v) is 9.17.